The van der Waals surface area contributed by atoms with Gasteiger partial charge in [0.15, 0.2) is 17.0 Å². The molecule has 7 nitrogen and oxygen atoms in total. The van der Waals surface area contributed by atoms with Crippen molar-refractivity contribution in [2.24, 2.45) is 5.73 Å². The largest absolute Gasteiger partial charge is 0.368 e. The van der Waals surface area contributed by atoms with E-state index in [9.17, 15) is 0 Å². The molecular weight excluding hydrogens is 385 g/mol. The van der Waals surface area contributed by atoms with Gasteiger partial charge in [0.05, 0.1) is 6.33 Å². The third-order valence-electron chi connectivity index (χ3n) is 4.91. The van der Waals surface area contributed by atoms with Gasteiger partial charge in [-0.25, -0.2) is 4.98 Å². The lowest BCUT2D eigenvalue weighted by atomic mass is 9.92. The molecule has 0 bridgehead atoms. The number of anilines is 2. The Balaban J connectivity index is 0.00000182. The van der Waals surface area contributed by atoms with Crippen LogP contribution in [0, 0.1) is 0 Å². The van der Waals surface area contributed by atoms with Gasteiger partial charge in [-0.05, 0) is 46.0 Å². The predicted molar refractivity (Wildman–Crippen MR) is 117 cm³/mol. The Morgan fingerprint density at radius 3 is 2.52 bits per heavy atom. The number of aromatic nitrogens is 4. The number of rotatable bonds is 7. The van der Waals surface area contributed by atoms with E-state index in [0.717, 1.165) is 62.1 Å². The SMILES string of the molecule is CCCCNc1nc(NC2CCC(N)CC2)nc2c1ncn2C(C)C.Cl.Cl. The molecule has 0 atom stereocenters. The van der Waals surface area contributed by atoms with Crippen LogP contribution in [0.15, 0.2) is 6.33 Å². The summed E-state index contributed by atoms with van der Waals surface area (Å²) in [5.41, 5.74) is 7.75. The Labute approximate surface area is 174 Å². The van der Waals surface area contributed by atoms with Crippen LogP contribution in [-0.2, 0) is 0 Å². The summed E-state index contributed by atoms with van der Waals surface area (Å²) in [5, 5.41) is 6.96. The van der Waals surface area contributed by atoms with Gasteiger partial charge >= 0.3 is 0 Å². The highest BCUT2D eigenvalue weighted by Gasteiger charge is 2.21. The van der Waals surface area contributed by atoms with Crippen LogP contribution in [0.4, 0.5) is 11.8 Å². The summed E-state index contributed by atoms with van der Waals surface area (Å²) in [7, 11) is 0. The maximum absolute atomic E-state index is 6.02. The third kappa shape index (κ3) is 5.83. The standard InChI is InChI=1S/C18H31N7.2ClH/c1-4-5-10-20-16-15-17(25(11-21-15)12(2)3)24-18(23-16)22-14-8-6-13(19)7-9-14;;/h11-14H,4-10,19H2,1-3H3,(H2,20,22,23,24);2*1H. The molecule has 3 rings (SSSR count). The molecule has 1 fully saturated rings. The fourth-order valence-corrected chi connectivity index (χ4v) is 3.31. The molecule has 0 aromatic carbocycles. The van der Waals surface area contributed by atoms with E-state index < -0.39 is 0 Å². The van der Waals surface area contributed by atoms with E-state index in [-0.39, 0.29) is 24.8 Å². The Kier molecular flexibility index (Phi) is 9.56. The highest BCUT2D eigenvalue weighted by atomic mass is 35.5. The number of nitrogens with two attached hydrogens (primary N) is 1. The number of imidazole rings is 1. The molecule has 4 N–H and O–H groups in total. The van der Waals surface area contributed by atoms with E-state index in [1.165, 1.54) is 0 Å². The van der Waals surface area contributed by atoms with Gasteiger partial charge in [-0.1, -0.05) is 13.3 Å². The number of nitrogens with zero attached hydrogens (tertiary/aromatic N) is 4. The van der Waals surface area contributed by atoms with Gasteiger partial charge in [0, 0.05) is 24.7 Å². The molecule has 0 amide bonds. The lowest BCUT2D eigenvalue weighted by molar-refractivity contribution is 0.410. The van der Waals surface area contributed by atoms with Gasteiger partial charge in [-0.15, -0.1) is 24.8 Å². The minimum Gasteiger partial charge on any atom is -0.368 e. The zero-order chi connectivity index (χ0) is 17.8. The number of nitrogens with one attached hydrogen (secondary N) is 2. The molecule has 0 aliphatic heterocycles. The van der Waals surface area contributed by atoms with Crippen molar-refractivity contribution in [3.8, 4) is 0 Å². The normalized spacial score (nSPS) is 19.4. The molecule has 0 unspecified atom stereocenters. The van der Waals surface area contributed by atoms with Crippen molar-refractivity contribution in [3.05, 3.63) is 6.33 Å². The first-order valence-electron chi connectivity index (χ1n) is 9.59. The highest BCUT2D eigenvalue weighted by molar-refractivity contribution is 5.86. The van der Waals surface area contributed by atoms with Gasteiger partial charge in [0.2, 0.25) is 5.95 Å². The second kappa shape index (κ2) is 10.9. The molecular formula is C18H33Cl2N7. The molecule has 2 aromatic rings. The quantitative estimate of drug-likeness (QED) is 0.585. The minimum absolute atomic E-state index is 0. The van der Waals surface area contributed by atoms with Crippen LogP contribution in [0.5, 0.6) is 0 Å². The van der Waals surface area contributed by atoms with Crippen LogP contribution in [-0.4, -0.2) is 38.1 Å². The first kappa shape index (κ1) is 23.7. The van der Waals surface area contributed by atoms with Gasteiger partial charge in [-0.2, -0.15) is 9.97 Å². The summed E-state index contributed by atoms with van der Waals surface area (Å²) in [6, 6.07) is 1.05. The van der Waals surface area contributed by atoms with E-state index in [2.05, 4.69) is 41.0 Å². The van der Waals surface area contributed by atoms with Crippen LogP contribution in [0.25, 0.3) is 11.2 Å². The molecule has 9 heteroatoms. The summed E-state index contributed by atoms with van der Waals surface area (Å²) in [6.07, 6.45) is 8.39. The van der Waals surface area contributed by atoms with Crippen molar-refractivity contribution in [1.29, 1.82) is 0 Å². The van der Waals surface area contributed by atoms with E-state index in [0.29, 0.717) is 24.1 Å². The smallest absolute Gasteiger partial charge is 0.227 e. The molecule has 2 aromatic heterocycles. The number of hydrogen-bond donors (Lipinski definition) is 3. The zero-order valence-electron chi connectivity index (χ0n) is 16.4. The van der Waals surface area contributed by atoms with Gasteiger partial charge in [0.25, 0.3) is 0 Å². The molecule has 0 saturated heterocycles. The van der Waals surface area contributed by atoms with Crippen LogP contribution >= 0.6 is 24.8 Å². The molecule has 1 saturated carbocycles. The van der Waals surface area contributed by atoms with Gasteiger partial charge in [-0.3, -0.25) is 0 Å². The van der Waals surface area contributed by atoms with Crippen LogP contribution in [0.3, 0.4) is 0 Å². The molecule has 2 heterocycles. The van der Waals surface area contributed by atoms with Crippen molar-refractivity contribution < 1.29 is 0 Å². The highest BCUT2D eigenvalue weighted by Crippen LogP contribution is 2.25. The van der Waals surface area contributed by atoms with Gasteiger partial charge < -0.3 is 20.9 Å². The van der Waals surface area contributed by atoms with Crippen LogP contribution < -0.4 is 16.4 Å². The van der Waals surface area contributed by atoms with E-state index >= 15 is 0 Å². The Hall–Kier alpha value is -1.31. The third-order valence-corrected chi connectivity index (χ3v) is 4.91. The van der Waals surface area contributed by atoms with Crippen molar-refractivity contribution in [1.82, 2.24) is 19.5 Å². The Bertz CT molecular complexity index is 696. The number of fused-ring (bicyclic) bond motifs is 1. The first-order chi connectivity index (χ1) is 12.1. The van der Waals surface area contributed by atoms with E-state index in [4.69, 9.17) is 15.7 Å². The fourth-order valence-electron chi connectivity index (χ4n) is 3.31. The second-order valence-corrected chi connectivity index (χ2v) is 7.35. The molecule has 1 aliphatic carbocycles. The lowest BCUT2D eigenvalue weighted by Crippen LogP contribution is -2.33. The molecule has 27 heavy (non-hydrogen) atoms. The van der Waals surface area contributed by atoms with Crippen LogP contribution in [0.1, 0.15) is 65.3 Å². The fraction of sp³-hybridized carbons (Fsp3) is 0.722. The Morgan fingerprint density at radius 1 is 1.19 bits per heavy atom. The van der Waals surface area contributed by atoms with Crippen LogP contribution in [0.2, 0.25) is 0 Å². The summed E-state index contributed by atoms with van der Waals surface area (Å²) in [6.45, 7) is 7.37. The first-order valence-corrected chi connectivity index (χ1v) is 9.59. The van der Waals surface area contributed by atoms with E-state index in [1.807, 2.05) is 6.33 Å². The summed E-state index contributed by atoms with van der Waals surface area (Å²) in [5.74, 6) is 1.52. The Morgan fingerprint density at radius 2 is 1.89 bits per heavy atom. The lowest BCUT2D eigenvalue weighted by Gasteiger charge is -2.27. The number of halogens is 2. The maximum Gasteiger partial charge on any atom is 0.227 e. The van der Waals surface area contributed by atoms with Gasteiger partial charge in [0.1, 0.15) is 0 Å². The summed E-state index contributed by atoms with van der Waals surface area (Å²) < 4.78 is 2.10. The average Bonchev–Trinajstić information content (AvgIpc) is 3.01. The zero-order valence-corrected chi connectivity index (χ0v) is 18.1. The number of hydrogen-bond acceptors (Lipinski definition) is 6. The maximum atomic E-state index is 6.02. The predicted octanol–water partition coefficient (Wildman–Crippen LogP) is 4.14. The molecule has 0 radical (unpaired) electrons. The topological polar surface area (TPSA) is 93.7 Å². The monoisotopic (exact) mass is 417 g/mol. The second-order valence-electron chi connectivity index (χ2n) is 7.35. The van der Waals surface area contributed by atoms with Crippen molar-refractivity contribution in [2.45, 2.75) is 77.4 Å². The summed E-state index contributed by atoms with van der Waals surface area (Å²) >= 11 is 0. The van der Waals surface area contributed by atoms with Crippen molar-refractivity contribution in [3.63, 3.8) is 0 Å². The molecule has 154 valence electrons. The van der Waals surface area contributed by atoms with Crippen molar-refractivity contribution >= 4 is 47.7 Å². The molecule has 0 spiro atoms. The minimum atomic E-state index is 0. The van der Waals surface area contributed by atoms with E-state index in [1.54, 1.807) is 0 Å². The van der Waals surface area contributed by atoms with Crippen molar-refractivity contribution in [2.75, 3.05) is 17.2 Å². The number of unbranched alkanes of at least 4 members (excludes halogenated alkanes) is 1. The molecule has 1 aliphatic rings. The average molecular weight is 418 g/mol. The summed E-state index contributed by atoms with van der Waals surface area (Å²) in [4.78, 5) is 14.0.